The molecule has 1 aromatic rings. The van der Waals surface area contributed by atoms with Gasteiger partial charge in [0, 0.05) is 0 Å². The summed E-state index contributed by atoms with van der Waals surface area (Å²) in [5.41, 5.74) is 7.26. The van der Waals surface area contributed by atoms with Gasteiger partial charge in [0.05, 0.1) is 16.7 Å². The number of nitrogens with two attached hydrogens (primary N) is 1. The van der Waals surface area contributed by atoms with Gasteiger partial charge in [-0.05, 0) is 24.4 Å². The zero-order chi connectivity index (χ0) is 12.8. The lowest BCUT2D eigenvalue weighted by atomic mass is 10.1. The first-order valence-electron chi connectivity index (χ1n) is 4.32. The second kappa shape index (κ2) is 5.53. The molecule has 0 saturated heterocycles. The maximum atomic E-state index is 10.8. The molecule has 0 aromatic heterocycles. The van der Waals surface area contributed by atoms with Crippen LogP contribution in [0.4, 0.5) is 5.69 Å². The van der Waals surface area contributed by atoms with Crippen molar-refractivity contribution in [1.82, 2.24) is 5.43 Å². The van der Waals surface area contributed by atoms with Gasteiger partial charge < -0.3 is 5.73 Å². The van der Waals surface area contributed by atoms with E-state index < -0.39 is 4.92 Å². The van der Waals surface area contributed by atoms with Crippen LogP contribution < -0.4 is 11.2 Å². The summed E-state index contributed by atoms with van der Waals surface area (Å²) in [7, 11) is 0. The molecule has 1 rings (SSSR count). The van der Waals surface area contributed by atoms with E-state index in [1.54, 1.807) is 6.07 Å². The minimum Gasteiger partial charge on any atom is -0.375 e. The Morgan fingerprint density at radius 3 is 2.94 bits per heavy atom. The molecule has 3 N–H and O–H groups in total. The minimum atomic E-state index is -0.638. The average molecular weight is 249 g/mol. The molecule has 0 aliphatic carbocycles. The monoisotopic (exact) mass is 249 g/mol. The summed E-state index contributed by atoms with van der Waals surface area (Å²) >= 11 is 4.51. The number of para-hydroxylation sites is 1. The van der Waals surface area contributed by atoms with E-state index in [4.69, 9.17) is 11.0 Å². The fraction of sp³-hybridized carbons (Fsp3) is 0. The number of nitro groups is 1. The normalized spacial score (nSPS) is 9.82. The van der Waals surface area contributed by atoms with E-state index >= 15 is 0 Å². The SMILES string of the molecule is N#Cc1cccc(C=NNC(N)=S)c1[N+](=O)[O-]. The van der Waals surface area contributed by atoms with E-state index in [0.717, 1.165) is 0 Å². The van der Waals surface area contributed by atoms with Crippen molar-refractivity contribution in [2.24, 2.45) is 10.8 Å². The maximum absolute atomic E-state index is 10.8. The smallest absolute Gasteiger partial charge is 0.295 e. The summed E-state index contributed by atoms with van der Waals surface area (Å²) < 4.78 is 0. The highest BCUT2D eigenvalue weighted by atomic mass is 32.1. The van der Waals surface area contributed by atoms with Crippen LogP contribution in [0.5, 0.6) is 0 Å². The van der Waals surface area contributed by atoms with Crippen LogP contribution in [0, 0.1) is 21.4 Å². The van der Waals surface area contributed by atoms with E-state index in [2.05, 4.69) is 22.7 Å². The van der Waals surface area contributed by atoms with Crippen molar-refractivity contribution in [3.05, 3.63) is 39.4 Å². The third kappa shape index (κ3) is 3.22. The van der Waals surface area contributed by atoms with Crippen LogP contribution in [0.1, 0.15) is 11.1 Å². The van der Waals surface area contributed by atoms with Crippen molar-refractivity contribution in [2.75, 3.05) is 0 Å². The Labute approximate surface area is 102 Å². The van der Waals surface area contributed by atoms with Crippen LogP contribution in [0.2, 0.25) is 0 Å². The molecule has 0 heterocycles. The van der Waals surface area contributed by atoms with Crippen LogP contribution >= 0.6 is 12.2 Å². The number of hydrazone groups is 1. The molecule has 0 radical (unpaired) electrons. The van der Waals surface area contributed by atoms with Crippen LogP contribution in [-0.4, -0.2) is 16.3 Å². The van der Waals surface area contributed by atoms with Gasteiger partial charge in [-0.1, -0.05) is 6.07 Å². The molecule has 7 nitrogen and oxygen atoms in total. The highest BCUT2D eigenvalue weighted by Crippen LogP contribution is 2.21. The van der Waals surface area contributed by atoms with E-state index in [1.165, 1.54) is 24.4 Å². The Bertz CT molecular complexity index is 535. The van der Waals surface area contributed by atoms with Crippen molar-refractivity contribution >= 4 is 29.2 Å². The number of benzene rings is 1. The lowest BCUT2D eigenvalue weighted by Gasteiger charge is -1.99. The van der Waals surface area contributed by atoms with Gasteiger partial charge in [0.2, 0.25) is 0 Å². The zero-order valence-electron chi connectivity index (χ0n) is 8.45. The summed E-state index contributed by atoms with van der Waals surface area (Å²) in [6.45, 7) is 0. The molecule has 8 heteroatoms. The Hall–Kier alpha value is -2.53. The van der Waals surface area contributed by atoms with Crippen molar-refractivity contribution in [3.8, 4) is 6.07 Å². The van der Waals surface area contributed by atoms with Crippen LogP contribution in [0.15, 0.2) is 23.3 Å². The average Bonchev–Trinajstić information content (AvgIpc) is 2.27. The second-order valence-corrected chi connectivity index (χ2v) is 3.29. The summed E-state index contributed by atoms with van der Waals surface area (Å²) in [6, 6.07) is 6.08. The number of nitrogens with zero attached hydrogens (tertiary/aromatic N) is 3. The fourth-order valence-corrected chi connectivity index (χ4v) is 1.18. The van der Waals surface area contributed by atoms with E-state index in [-0.39, 0.29) is 21.9 Å². The van der Waals surface area contributed by atoms with Crippen molar-refractivity contribution < 1.29 is 4.92 Å². The number of rotatable bonds is 3. The van der Waals surface area contributed by atoms with Gasteiger partial charge in [0.25, 0.3) is 5.69 Å². The number of hydrogen-bond donors (Lipinski definition) is 2. The summed E-state index contributed by atoms with van der Waals surface area (Å²) in [4.78, 5) is 10.2. The molecule has 1 aromatic carbocycles. The molecule has 86 valence electrons. The Morgan fingerprint density at radius 1 is 1.71 bits per heavy atom. The van der Waals surface area contributed by atoms with Crippen LogP contribution in [0.3, 0.4) is 0 Å². The van der Waals surface area contributed by atoms with Gasteiger partial charge >= 0.3 is 0 Å². The third-order valence-corrected chi connectivity index (χ3v) is 1.84. The lowest BCUT2D eigenvalue weighted by molar-refractivity contribution is -0.385. The first-order chi connectivity index (χ1) is 8.06. The molecule has 0 bridgehead atoms. The predicted octanol–water partition coefficient (Wildman–Crippen LogP) is 0.634. The maximum Gasteiger partial charge on any atom is 0.295 e. The lowest BCUT2D eigenvalue weighted by Crippen LogP contribution is -2.24. The summed E-state index contributed by atoms with van der Waals surface area (Å²) in [5.74, 6) is 0. The summed E-state index contributed by atoms with van der Waals surface area (Å²) in [5, 5.41) is 23.1. The highest BCUT2D eigenvalue weighted by Gasteiger charge is 2.17. The Morgan fingerprint density at radius 2 is 2.41 bits per heavy atom. The van der Waals surface area contributed by atoms with E-state index in [1.807, 2.05) is 0 Å². The van der Waals surface area contributed by atoms with Gasteiger partial charge in [-0.25, -0.2) is 0 Å². The predicted molar refractivity (Wildman–Crippen MR) is 65.3 cm³/mol. The topological polar surface area (TPSA) is 117 Å². The fourth-order valence-electron chi connectivity index (χ4n) is 1.12. The molecule has 0 saturated carbocycles. The number of nitrogens with one attached hydrogen (secondary N) is 1. The Balaban J connectivity index is 3.16. The van der Waals surface area contributed by atoms with Gasteiger partial charge in [-0.2, -0.15) is 10.4 Å². The van der Waals surface area contributed by atoms with Crippen LogP contribution in [0.25, 0.3) is 0 Å². The molecular weight excluding hydrogens is 242 g/mol. The van der Waals surface area contributed by atoms with Gasteiger partial charge in [-0.3, -0.25) is 15.5 Å². The minimum absolute atomic E-state index is 0.0331. The van der Waals surface area contributed by atoms with E-state index in [0.29, 0.717) is 0 Å². The van der Waals surface area contributed by atoms with Crippen molar-refractivity contribution in [1.29, 1.82) is 5.26 Å². The van der Waals surface area contributed by atoms with Crippen molar-refractivity contribution in [2.45, 2.75) is 0 Å². The number of nitro benzene ring substituents is 1. The molecular formula is C9H7N5O2S. The second-order valence-electron chi connectivity index (χ2n) is 2.85. The largest absolute Gasteiger partial charge is 0.375 e. The first kappa shape index (κ1) is 12.5. The van der Waals surface area contributed by atoms with Gasteiger partial charge in [0.15, 0.2) is 5.11 Å². The Kier molecular flexibility index (Phi) is 4.08. The molecule has 0 unspecified atom stereocenters. The van der Waals surface area contributed by atoms with Gasteiger partial charge in [0.1, 0.15) is 11.6 Å². The molecule has 0 spiro atoms. The number of thiocarbonyl (C=S) groups is 1. The molecule has 0 fully saturated rings. The first-order valence-corrected chi connectivity index (χ1v) is 4.73. The van der Waals surface area contributed by atoms with Crippen molar-refractivity contribution in [3.63, 3.8) is 0 Å². The third-order valence-electron chi connectivity index (χ3n) is 1.75. The highest BCUT2D eigenvalue weighted by molar-refractivity contribution is 7.80. The molecule has 0 aliphatic rings. The quantitative estimate of drug-likeness (QED) is 0.351. The summed E-state index contributed by atoms with van der Waals surface area (Å²) in [6.07, 6.45) is 1.18. The van der Waals surface area contributed by atoms with Crippen LogP contribution in [-0.2, 0) is 0 Å². The van der Waals surface area contributed by atoms with Gasteiger partial charge in [-0.15, -0.1) is 0 Å². The molecule has 17 heavy (non-hydrogen) atoms. The number of nitriles is 1. The molecule has 0 amide bonds. The standard InChI is InChI=1S/C9H7N5O2S/c10-4-6-2-1-3-7(8(6)14(15)16)5-12-13-9(11)17/h1-3,5H,(H3,11,13,17). The molecule has 0 atom stereocenters. The molecule has 0 aliphatic heterocycles. The van der Waals surface area contributed by atoms with E-state index in [9.17, 15) is 10.1 Å². The number of hydrogen-bond acceptors (Lipinski definition) is 5. The zero-order valence-corrected chi connectivity index (χ0v) is 9.27.